The minimum Gasteiger partial charge on any atom is -0.481 e. The number of nitriles is 1. The Bertz CT molecular complexity index is 1010. The Morgan fingerprint density at radius 1 is 1.15 bits per heavy atom. The standard InChI is InChI=1S/C24H34N8O/c1-15-11-22(31-30-15)28-21-14-20-19(7-8-23(27-20)33-2)24(29-21)26-16-12-17-5-3-6-18(13-16)32(17)10-4-9-25/h7-8,14-18,22,30-31H,3-6,10-13H2,1-2H3,(H2,26,28,29)/t15?,16?,17-,18+,22?. The van der Waals surface area contributed by atoms with Crippen molar-refractivity contribution in [2.24, 2.45) is 0 Å². The molecular formula is C24H34N8O. The molecule has 0 aliphatic carbocycles. The highest BCUT2D eigenvalue weighted by Gasteiger charge is 2.38. The molecular weight excluding hydrogens is 416 g/mol. The molecule has 3 aliphatic heterocycles. The van der Waals surface area contributed by atoms with Gasteiger partial charge >= 0.3 is 0 Å². The summed E-state index contributed by atoms with van der Waals surface area (Å²) in [5.41, 5.74) is 7.39. The second-order valence-electron chi connectivity index (χ2n) is 9.60. The van der Waals surface area contributed by atoms with Crippen LogP contribution in [0.15, 0.2) is 18.2 Å². The minimum atomic E-state index is 0.117. The molecule has 5 atom stereocenters. The molecule has 4 N–H and O–H groups in total. The number of hydrazine groups is 1. The van der Waals surface area contributed by atoms with Crippen LogP contribution in [-0.4, -0.2) is 58.9 Å². The molecule has 33 heavy (non-hydrogen) atoms. The van der Waals surface area contributed by atoms with Crippen LogP contribution in [0.5, 0.6) is 5.88 Å². The number of methoxy groups -OCH3 is 1. The minimum absolute atomic E-state index is 0.117. The van der Waals surface area contributed by atoms with Crippen LogP contribution in [0.25, 0.3) is 10.9 Å². The number of aromatic nitrogens is 2. The van der Waals surface area contributed by atoms with E-state index < -0.39 is 0 Å². The molecule has 0 radical (unpaired) electrons. The second-order valence-corrected chi connectivity index (χ2v) is 9.60. The van der Waals surface area contributed by atoms with E-state index in [1.165, 1.54) is 19.3 Å². The summed E-state index contributed by atoms with van der Waals surface area (Å²) < 4.78 is 5.37. The van der Waals surface area contributed by atoms with Crippen LogP contribution in [0.4, 0.5) is 11.6 Å². The van der Waals surface area contributed by atoms with Gasteiger partial charge in [-0.05, 0) is 45.1 Å². The van der Waals surface area contributed by atoms with Gasteiger partial charge in [-0.2, -0.15) is 5.26 Å². The van der Waals surface area contributed by atoms with E-state index in [2.05, 4.69) is 44.4 Å². The molecule has 2 aromatic rings. The van der Waals surface area contributed by atoms with Crippen LogP contribution < -0.4 is 26.2 Å². The Hall–Kier alpha value is -2.67. The van der Waals surface area contributed by atoms with E-state index in [4.69, 9.17) is 15.0 Å². The average Bonchev–Trinajstić information content (AvgIpc) is 3.21. The zero-order valence-electron chi connectivity index (χ0n) is 19.5. The summed E-state index contributed by atoms with van der Waals surface area (Å²) in [5.74, 6) is 2.27. The van der Waals surface area contributed by atoms with Crippen LogP contribution in [0.1, 0.15) is 51.9 Å². The molecule has 3 fully saturated rings. The summed E-state index contributed by atoms with van der Waals surface area (Å²) in [6.07, 6.45) is 7.58. The summed E-state index contributed by atoms with van der Waals surface area (Å²) >= 11 is 0. The van der Waals surface area contributed by atoms with Crippen LogP contribution >= 0.6 is 0 Å². The third-order valence-corrected chi connectivity index (χ3v) is 7.23. The largest absolute Gasteiger partial charge is 0.481 e. The predicted molar refractivity (Wildman–Crippen MR) is 129 cm³/mol. The van der Waals surface area contributed by atoms with Crippen LogP contribution in [0.3, 0.4) is 0 Å². The fraction of sp³-hybridized carbons (Fsp3) is 0.625. The lowest BCUT2D eigenvalue weighted by atomic mass is 9.81. The van der Waals surface area contributed by atoms with Crippen molar-refractivity contribution in [3.63, 3.8) is 0 Å². The fourth-order valence-corrected chi connectivity index (χ4v) is 5.73. The van der Waals surface area contributed by atoms with Crippen molar-refractivity contribution in [1.82, 2.24) is 25.7 Å². The molecule has 5 rings (SSSR count). The van der Waals surface area contributed by atoms with E-state index in [0.29, 0.717) is 36.5 Å². The molecule has 3 aliphatic rings. The maximum absolute atomic E-state index is 9.06. The van der Waals surface area contributed by atoms with E-state index in [9.17, 15) is 0 Å². The summed E-state index contributed by atoms with van der Waals surface area (Å²) in [7, 11) is 1.64. The van der Waals surface area contributed by atoms with Gasteiger partial charge in [0.1, 0.15) is 11.6 Å². The number of ether oxygens (including phenoxy) is 1. The van der Waals surface area contributed by atoms with Crippen molar-refractivity contribution in [2.45, 2.75) is 82.2 Å². The maximum Gasteiger partial charge on any atom is 0.213 e. The van der Waals surface area contributed by atoms with Crippen molar-refractivity contribution >= 4 is 22.5 Å². The number of fused-ring (bicyclic) bond motifs is 3. The van der Waals surface area contributed by atoms with Gasteiger partial charge in [-0.15, -0.1) is 0 Å². The lowest BCUT2D eigenvalue weighted by Crippen LogP contribution is -2.55. The molecule has 3 unspecified atom stereocenters. The molecule has 5 heterocycles. The highest BCUT2D eigenvalue weighted by molar-refractivity contribution is 5.91. The maximum atomic E-state index is 9.06. The van der Waals surface area contributed by atoms with Gasteiger partial charge in [0, 0.05) is 54.7 Å². The lowest BCUT2D eigenvalue weighted by Gasteiger charge is -2.49. The van der Waals surface area contributed by atoms with Gasteiger partial charge in [-0.3, -0.25) is 10.3 Å². The average molecular weight is 451 g/mol. The number of anilines is 2. The number of nitrogens with one attached hydrogen (secondary N) is 4. The Kier molecular flexibility index (Phi) is 6.49. The van der Waals surface area contributed by atoms with E-state index in [0.717, 1.165) is 48.3 Å². The first-order valence-electron chi connectivity index (χ1n) is 12.2. The highest BCUT2D eigenvalue weighted by atomic mass is 16.5. The van der Waals surface area contributed by atoms with Gasteiger partial charge in [0.15, 0.2) is 0 Å². The number of nitrogens with zero attached hydrogens (tertiary/aromatic N) is 4. The number of pyridine rings is 2. The first-order chi connectivity index (χ1) is 16.1. The third kappa shape index (κ3) is 4.83. The number of hydrogen-bond acceptors (Lipinski definition) is 9. The van der Waals surface area contributed by atoms with Crippen LogP contribution in [-0.2, 0) is 0 Å². The summed E-state index contributed by atoms with van der Waals surface area (Å²) in [5, 5.41) is 17.4. The molecule has 2 bridgehead atoms. The second kappa shape index (κ2) is 9.67. The molecule has 9 heteroatoms. The predicted octanol–water partition coefficient (Wildman–Crippen LogP) is 2.97. The summed E-state index contributed by atoms with van der Waals surface area (Å²) in [6, 6.07) is 10.1. The fourth-order valence-electron chi connectivity index (χ4n) is 5.73. The topological polar surface area (TPSA) is 110 Å². The van der Waals surface area contributed by atoms with E-state index in [-0.39, 0.29) is 6.17 Å². The van der Waals surface area contributed by atoms with Gasteiger partial charge < -0.3 is 15.4 Å². The zero-order valence-corrected chi connectivity index (χ0v) is 19.5. The van der Waals surface area contributed by atoms with Crippen molar-refractivity contribution in [3.05, 3.63) is 18.2 Å². The molecule has 176 valence electrons. The van der Waals surface area contributed by atoms with Gasteiger partial charge in [0.05, 0.1) is 24.9 Å². The third-order valence-electron chi connectivity index (χ3n) is 7.23. The van der Waals surface area contributed by atoms with E-state index in [1.54, 1.807) is 7.11 Å². The molecule has 2 aromatic heterocycles. The van der Waals surface area contributed by atoms with Crippen molar-refractivity contribution in [1.29, 1.82) is 5.26 Å². The first kappa shape index (κ1) is 22.1. The van der Waals surface area contributed by atoms with Crippen LogP contribution in [0, 0.1) is 11.3 Å². The SMILES string of the molecule is COc1ccc2c(NC3C[C@H]4CCC[C@@H](C3)N4CCC#N)nc(NC3CC(C)NN3)cc2n1. The van der Waals surface area contributed by atoms with Gasteiger partial charge in [-0.25, -0.2) is 15.4 Å². The Balaban J connectivity index is 1.39. The first-order valence-corrected chi connectivity index (χ1v) is 12.2. The Labute approximate surface area is 195 Å². The molecule has 0 saturated carbocycles. The quantitative estimate of drug-likeness (QED) is 0.506. The number of hydrogen-bond donors (Lipinski definition) is 4. The molecule has 0 amide bonds. The Morgan fingerprint density at radius 2 is 1.97 bits per heavy atom. The van der Waals surface area contributed by atoms with Gasteiger partial charge in [-0.1, -0.05) is 6.42 Å². The summed E-state index contributed by atoms with van der Waals surface area (Å²) in [4.78, 5) is 12.2. The van der Waals surface area contributed by atoms with Crippen molar-refractivity contribution < 1.29 is 4.74 Å². The summed E-state index contributed by atoms with van der Waals surface area (Å²) in [6.45, 7) is 3.05. The van der Waals surface area contributed by atoms with Crippen molar-refractivity contribution in [3.8, 4) is 11.9 Å². The molecule has 0 spiro atoms. The molecule has 9 nitrogen and oxygen atoms in total. The van der Waals surface area contributed by atoms with Crippen LogP contribution in [0.2, 0.25) is 0 Å². The Morgan fingerprint density at radius 3 is 2.67 bits per heavy atom. The monoisotopic (exact) mass is 450 g/mol. The molecule has 3 saturated heterocycles. The number of rotatable bonds is 7. The highest BCUT2D eigenvalue weighted by Crippen LogP contribution is 2.36. The lowest BCUT2D eigenvalue weighted by molar-refractivity contribution is 0.0370. The zero-order chi connectivity index (χ0) is 22.8. The van der Waals surface area contributed by atoms with Gasteiger partial charge in [0.25, 0.3) is 0 Å². The van der Waals surface area contributed by atoms with Gasteiger partial charge in [0.2, 0.25) is 5.88 Å². The normalized spacial score (nSPS) is 29.5. The van der Waals surface area contributed by atoms with Crippen molar-refractivity contribution in [2.75, 3.05) is 24.3 Å². The molecule has 0 aromatic carbocycles. The van der Waals surface area contributed by atoms with E-state index in [1.807, 2.05) is 18.2 Å². The van der Waals surface area contributed by atoms with E-state index >= 15 is 0 Å². The smallest absolute Gasteiger partial charge is 0.213 e. The number of piperidine rings is 2.